The van der Waals surface area contributed by atoms with Gasteiger partial charge in [-0.25, -0.2) is 9.67 Å². The molecule has 2 aromatic carbocycles. The van der Waals surface area contributed by atoms with Crippen molar-refractivity contribution >= 4 is 27.8 Å². The predicted molar refractivity (Wildman–Crippen MR) is 111 cm³/mol. The average molecular weight is 390 g/mol. The lowest BCUT2D eigenvalue weighted by molar-refractivity contribution is 0.0685. The Bertz CT molecular complexity index is 1260. The maximum Gasteiger partial charge on any atom is 0.258 e. The second-order valence-electron chi connectivity index (χ2n) is 7.17. The summed E-state index contributed by atoms with van der Waals surface area (Å²) in [4.78, 5) is 34.6. The third-order valence-electron chi connectivity index (χ3n) is 4.93. The maximum absolute atomic E-state index is 13.2. The third-order valence-corrected chi connectivity index (χ3v) is 4.93. The van der Waals surface area contributed by atoms with Gasteiger partial charge in [0.15, 0.2) is 0 Å². The number of amides is 1. The zero-order valence-corrected chi connectivity index (χ0v) is 16.6. The molecule has 1 N–H and O–H groups in total. The van der Waals surface area contributed by atoms with Crippen LogP contribution in [0.5, 0.6) is 0 Å². The summed E-state index contributed by atoms with van der Waals surface area (Å²) in [6.45, 7) is 6.77. The zero-order valence-electron chi connectivity index (χ0n) is 16.6. The second kappa shape index (κ2) is 7.46. The number of para-hydroxylation sites is 1. The number of H-pyrrole nitrogens is 1. The molecule has 0 aliphatic rings. The third kappa shape index (κ3) is 3.49. The van der Waals surface area contributed by atoms with Crippen molar-refractivity contribution in [1.29, 1.82) is 0 Å². The Labute approximate surface area is 167 Å². The summed E-state index contributed by atoms with van der Waals surface area (Å²) in [6.07, 6.45) is 0. The highest BCUT2D eigenvalue weighted by Crippen LogP contribution is 2.17. The van der Waals surface area contributed by atoms with Gasteiger partial charge in [0.1, 0.15) is 11.3 Å². The van der Waals surface area contributed by atoms with Gasteiger partial charge in [-0.3, -0.25) is 9.59 Å². The number of hydrogen-bond acceptors (Lipinski definition) is 5. The van der Waals surface area contributed by atoms with E-state index in [1.54, 1.807) is 39.9 Å². The van der Waals surface area contributed by atoms with E-state index in [4.69, 9.17) is 0 Å². The first-order chi connectivity index (χ1) is 14.0. The minimum absolute atomic E-state index is 0.0821. The molecule has 0 fully saturated rings. The van der Waals surface area contributed by atoms with Crippen LogP contribution in [0.1, 0.15) is 37.0 Å². The molecule has 8 heteroatoms. The smallest absolute Gasteiger partial charge is 0.258 e. The van der Waals surface area contributed by atoms with Crippen molar-refractivity contribution < 1.29 is 4.79 Å². The van der Waals surface area contributed by atoms with Crippen molar-refractivity contribution in [1.82, 2.24) is 29.9 Å². The van der Waals surface area contributed by atoms with Gasteiger partial charge in [-0.05, 0) is 51.1 Å². The van der Waals surface area contributed by atoms with Crippen molar-refractivity contribution in [3.63, 3.8) is 0 Å². The molecule has 0 unspecified atom stereocenters. The monoisotopic (exact) mass is 390 g/mol. The SMILES string of the molecule is CCn1nnc2cc(C(=O)N(Cc3nc4ccccc4c(=O)[nH]3)C(C)C)ccc21. The van der Waals surface area contributed by atoms with E-state index in [-0.39, 0.29) is 24.1 Å². The van der Waals surface area contributed by atoms with Crippen LogP contribution < -0.4 is 5.56 Å². The lowest BCUT2D eigenvalue weighted by Crippen LogP contribution is -2.37. The molecule has 1 amide bonds. The first-order valence-corrected chi connectivity index (χ1v) is 9.60. The van der Waals surface area contributed by atoms with Crippen LogP contribution in [0, 0.1) is 0 Å². The van der Waals surface area contributed by atoms with E-state index in [0.717, 1.165) is 5.52 Å². The summed E-state index contributed by atoms with van der Waals surface area (Å²) in [5.74, 6) is 0.303. The van der Waals surface area contributed by atoms with Gasteiger partial charge in [0.25, 0.3) is 11.5 Å². The number of aromatic nitrogens is 5. The topological polar surface area (TPSA) is 96.8 Å². The van der Waals surface area contributed by atoms with E-state index in [1.165, 1.54) is 0 Å². The molecule has 0 bridgehead atoms. The van der Waals surface area contributed by atoms with Crippen LogP contribution in [0.3, 0.4) is 0 Å². The molecule has 148 valence electrons. The Balaban J connectivity index is 1.67. The van der Waals surface area contributed by atoms with Crippen LogP contribution in [0.15, 0.2) is 47.3 Å². The first kappa shape index (κ1) is 18.8. The number of aryl methyl sites for hydroxylation is 1. The Kier molecular flexibility index (Phi) is 4.84. The van der Waals surface area contributed by atoms with Gasteiger partial charge in [-0.1, -0.05) is 17.3 Å². The standard InChI is InChI=1S/C21H22N6O2/c1-4-27-18-10-9-14(11-17(18)24-25-27)21(29)26(13(2)3)12-19-22-16-8-6-5-7-15(16)20(28)23-19/h5-11,13H,4,12H2,1-3H3,(H,22,23,28). The normalized spacial score (nSPS) is 11.4. The number of benzene rings is 2. The van der Waals surface area contributed by atoms with Crippen molar-refractivity contribution in [3.8, 4) is 0 Å². The van der Waals surface area contributed by atoms with Gasteiger partial charge in [0.05, 0.1) is 23.0 Å². The van der Waals surface area contributed by atoms with Gasteiger partial charge < -0.3 is 9.88 Å². The quantitative estimate of drug-likeness (QED) is 0.565. The summed E-state index contributed by atoms with van der Waals surface area (Å²) in [6, 6.07) is 12.5. The van der Waals surface area contributed by atoms with Crippen LogP contribution in [-0.4, -0.2) is 41.8 Å². The minimum atomic E-state index is -0.209. The van der Waals surface area contributed by atoms with Crippen molar-refractivity contribution in [2.75, 3.05) is 0 Å². The minimum Gasteiger partial charge on any atom is -0.329 e. The lowest BCUT2D eigenvalue weighted by atomic mass is 10.1. The highest BCUT2D eigenvalue weighted by atomic mass is 16.2. The predicted octanol–water partition coefficient (Wildman–Crippen LogP) is 2.74. The van der Waals surface area contributed by atoms with Crippen molar-refractivity contribution in [2.45, 2.75) is 39.9 Å². The van der Waals surface area contributed by atoms with Gasteiger partial charge in [-0.2, -0.15) is 0 Å². The molecule has 0 aliphatic carbocycles. The van der Waals surface area contributed by atoms with Crippen LogP contribution in [0.25, 0.3) is 21.9 Å². The largest absolute Gasteiger partial charge is 0.329 e. The van der Waals surface area contributed by atoms with Crippen LogP contribution in [-0.2, 0) is 13.1 Å². The molecule has 0 spiro atoms. The fraction of sp³-hybridized carbons (Fsp3) is 0.286. The molecule has 2 heterocycles. The molecular weight excluding hydrogens is 368 g/mol. The van der Waals surface area contributed by atoms with E-state index in [2.05, 4.69) is 20.3 Å². The number of hydrogen-bond donors (Lipinski definition) is 1. The highest BCUT2D eigenvalue weighted by Gasteiger charge is 2.21. The van der Waals surface area contributed by atoms with Crippen molar-refractivity contribution in [2.24, 2.45) is 0 Å². The first-order valence-electron chi connectivity index (χ1n) is 9.60. The number of nitrogens with one attached hydrogen (secondary N) is 1. The van der Waals surface area contributed by atoms with E-state index in [9.17, 15) is 9.59 Å². The second-order valence-corrected chi connectivity index (χ2v) is 7.17. The molecule has 8 nitrogen and oxygen atoms in total. The number of carbonyl (C=O) groups is 1. The van der Waals surface area contributed by atoms with Crippen LogP contribution >= 0.6 is 0 Å². The molecule has 0 atom stereocenters. The van der Waals surface area contributed by atoms with Gasteiger partial charge >= 0.3 is 0 Å². The number of rotatable bonds is 5. The maximum atomic E-state index is 13.2. The van der Waals surface area contributed by atoms with Gasteiger partial charge in [0.2, 0.25) is 0 Å². The Morgan fingerprint density at radius 3 is 2.72 bits per heavy atom. The summed E-state index contributed by atoms with van der Waals surface area (Å²) in [5.41, 5.74) is 2.50. The number of nitrogens with zero attached hydrogens (tertiary/aromatic N) is 5. The summed E-state index contributed by atoms with van der Waals surface area (Å²) >= 11 is 0. The Morgan fingerprint density at radius 2 is 1.97 bits per heavy atom. The lowest BCUT2D eigenvalue weighted by Gasteiger charge is -2.26. The molecule has 0 radical (unpaired) electrons. The van der Waals surface area contributed by atoms with E-state index in [0.29, 0.717) is 34.4 Å². The Hall–Kier alpha value is -3.55. The fourth-order valence-corrected chi connectivity index (χ4v) is 3.36. The summed E-state index contributed by atoms with van der Waals surface area (Å²) in [7, 11) is 0. The molecular formula is C21H22N6O2. The fourth-order valence-electron chi connectivity index (χ4n) is 3.36. The van der Waals surface area contributed by atoms with Crippen molar-refractivity contribution in [3.05, 3.63) is 64.2 Å². The zero-order chi connectivity index (χ0) is 20.5. The molecule has 0 aliphatic heterocycles. The molecule has 0 saturated carbocycles. The molecule has 2 aromatic heterocycles. The average Bonchev–Trinajstić information content (AvgIpc) is 3.13. The summed E-state index contributed by atoms with van der Waals surface area (Å²) in [5, 5.41) is 8.77. The molecule has 0 saturated heterocycles. The molecule has 4 rings (SSSR count). The molecule has 29 heavy (non-hydrogen) atoms. The number of fused-ring (bicyclic) bond motifs is 2. The van der Waals surface area contributed by atoms with E-state index in [1.807, 2.05) is 32.9 Å². The number of aromatic amines is 1. The highest BCUT2D eigenvalue weighted by molar-refractivity contribution is 5.97. The molecule has 4 aromatic rings. The van der Waals surface area contributed by atoms with Crippen LogP contribution in [0.2, 0.25) is 0 Å². The van der Waals surface area contributed by atoms with Gasteiger partial charge in [-0.15, -0.1) is 5.10 Å². The summed E-state index contributed by atoms with van der Waals surface area (Å²) < 4.78 is 1.79. The van der Waals surface area contributed by atoms with Crippen LogP contribution in [0.4, 0.5) is 0 Å². The van der Waals surface area contributed by atoms with E-state index >= 15 is 0 Å². The Morgan fingerprint density at radius 1 is 1.17 bits per heavy atom. The number of carbonyl (C=O) groups excluding carboxylic acids is 1. The van der Waals surface area contributed by atoms with E-state index < -0.39 is 0 Å². The van der Waals surface area contributed by atoms with Gasteiger partial charge in [0, 0.05) is 18.2 Å².